The smallest absolute Gasteiger partial charge is 0.306 e. The van der Waals surface area contributed by atoms with Crippen LogP contribution in [0.4, 0.5) is 0 Å². The van der Waals surface area contributed by atoms with Crippen molar-refractivity contribution in [2.75, 3.05) is 13.2 Å². The van der Waals surface area contributed by atoms with Gasteiger partial charge < -0.3 is 14.2 Å². The first-order valence-electron chi connectivity index (χ1n) is 35.3. The molecule has 460 valence electrons. The number of hydrogen-bond donors (Lipinski definition) is 0. The zero-order valence-corrected chi connectivity index (χ0v) is 53.0. The highest BCUT2D eigenvalue weighted by molar-refractivity contribution is 5.71. The molecule has 0 rings (SSSR count). The number of carbonyl (C=O) groups excluding carboxylic acids is 3. The number of hydrogen-bond acceptors (Lipinski definition) is 6. The van der Waals surface area contributed by atoms with E-state index >= 15 is 0 Å². The fourth-order valence-corrected chi connectivity index (χ4v) is 10.9. The average molecular weight is 1100 g/mol. The van der Waals surface area contributed by atoms with Crippen LogP contribution in [0.3, 0.4) is 0 Å². The molecular formula is C72H136O6. The molecule has 1 unspecified atom stereocenters. The van der Waals surface area contributed by atoms with Gasteiger partial charge in [-0.25, -0.2) is 0 Å². The lowest BCUT2D eigenvalue weighted by molar-refractivity contribution is -0.167. The lowest BCUT2D eigenvalue weighted by Crippen LogP contribution is -2.30. The topological polar surface area (TPSA) is 78.9 Å². The Labute approximate surface area is 487 Å². The van der Waals surface area contributed by atoms with E-state index in [0.717, 1.165) is 77.0 Å². The second-order valence-electron chi connectivity index (χ2n) is 24.2. The molecule has 0 aromatic carbocycles. The van der Waals surface area contributed by atoms with Crippen LogP contribution < -0.4 is 0 Å². The molecule has 78 heavy (non-hydrogen) atoms. The summed E-state index contributed by atoms with van der Waals surface area (Å²) >= 11 is 0. The van der Waals surface area contributed by atoms with Crippen LogP contribution in [0.15, 0.2) is 24.3 Å². The Bertz CT molecular complexity index is 1260. The van der Waals surface area contributed by atoms with E-state index in [-0.39, 0.29) is 31.1 Å². The number of carbonyl (C=O) groups is 3. The summed E-state index contributed by atoms with van der Waals surface area (Å²) in [5.74, 6) is -0.851. The lowest BCUT2D eigenvalue weighted by atomic mass is 10.0. The molecular weight excluding hydrogens is 961 g/mol. The predicted molar refractivity (Wildman–Crippen MR) is 340 cm³/mol. The molecule has 0 saturated heterocycles. The van der Waals surface area contributed by atoms with Crippen molar-refractivity contribution in [3.05, 3.63) is 24.3 Å². The van der Waals surface area contributed by atoms with Crippen LogP contribution in [0.25, 0.3) is 0 Å². The van der Waals surface area contributed by atoms with Gasteiger partial charge in [0.25, 0.3) is 0 Å². The molecule has 0 amide bonds. The summed E-state index contributed by atoms with van der Waals surface area (Å²) in [6.07, 6.45) is 82.1. The Morgan fingerprint density at radius 1 is 0.256 bits per heavy atom. The first kappa shape index (κ1) is 75.9. The number of rotatable bonds is 66. The van der Waals surface area contributed by atoms with Crippen LogP contribution in [0.2, 0.25) is 0 Å². The predicted octanol–water partition coefficient (Wildman–Crippen LogP) is 24.2. The Morgan fingerprint density at radius 3 is 0.718 bits per heavy atom. The van der Waals surface area contributed by atoms with Gasteiger partial charge in [-0.05, 0) is 51.4 Å². The Hall–Kier alpha value is -2.11. The van der Waals surface area contributed by atoms with Gasteiger partial charge in [-0.15, -0.1) is 0 Å². The van der Waals surface area contributed by atoms with Crippen LogP contribution >= 0.6 is 0 Å². The number of unbranched alkanes of at least 4 members (excludes halogenated alkanes) is 51. The summed E-state index contributed by atoms with van der Waals surface area (Å²) in [7, 11) is 0. The maximum atomic E-state index is 12.9. The highest BCUT2D eigenvalue weighted by Gasteiger charge is 2.19. The van der Waals surface area contributed by atoms with E-state index in [9.17, 15) is 14.4 Å². The molecule has 0 aromatic heterocycles. The molecule has 1 atom stereocenters. The zero-order chi connectivity index (χ0) is 56.4. The van der Waals surface area contributed by atoms with Crippen molar-refractivity contribution in [3.8, 4) is 0 Å². The molecule has 0 aliphatic rings. The van der Waals surface area contributed by atoms with E-state index in [1.54, 1.807) is 0 Å². The van der Waals surface area contributed by atoms with Crippen molar-refractivity contribution in [1.82, 2.24) is 0 Å². The average Bonchev–Trinajstić information content (AvgIpc) is 3.44. The maximum Gasteiger partial charge on any atom is 0.306 e. The molecule has 0 heterocycles. The van der Waals surface area contributed by atoms with Crippen LogP contribution in [0.1, 0.15) is 400 Å². The number of allylic oxidation sites excluding steroid dienone is 4. The third-order valence-corrected chi connectivity index (χ3v) is 16.2. The SMILES string of the molecule is CCCCCC/C=C\C/C=C\CCCCCCCC(=O)OCC(COC(=O)CCCCCCCCCCCCCCCCCCCCCCCCCCCCC)OC(=O)CCCCCCCCCCCCCCCCCCC. The fraction of sp³-hybridized carbons (Fsp3) is 0.903. The van der Waals surface area contributed by atoms with E-state index in [1.165, 1.54) is 283 Å². The Kier molecular flexibility index (Phi) is 65.6. The van der Waals surface area contributed by atoms with Crippen molar-refractivity contribution < 1.29 is 28.6 Å². The van der Waals surface area contributed by atoms with Gasteiger partial charge in [0.2, 0.25) is 0 Å². The summed E-state index contributed by atoms with van der Waals surface area (Å²) in [4.78, 5) is 38.4. The first-order valence-corrected chi connectivity index (χ1v) is 35.3. The van der Waals surface area contributed by atoms with Gasteiger partial charge in [0.1, 0.15) is 13.2 Å². The zero-order valence-electron chi connectivity index (χ0n) is 53.0. The number of ether oxygens (including phenoxy) is 3. The largest absolute Gasteiger partial charge is 0.462 e. The normalized spacial score (nSPS) is 12.1. The minimum Gasteiger partial charge on any atom is -0.462 e. The summed E-state index contributed by atoms with van der Waals surface area (Å²) in [5.41, 5.74) is 0. The molecule has 6 heteroatoms. The third-order valence-electron chi connectivity index (χ3n) is 16.2. The maximum absolute atomic E-state index is 12.9. The monoisotopic (exact) mass is 1100 g/mol. The van der Waals surface area contributed by atoms with Gasteiger partial charge in [-0.1, -0.05) is 353 Å². The molecule has 0 N–H and O–H groups in total. The Morgan fingerprint density at radius 2 is 0.462 bits per heavy atom. The summed E-state index contributed by atoms with van der Waals surface area (Å²) in [5, 5.41) is 0. The summed E-state index contributed by atoms with van der Waals surface area (Å²) < 4.78 is 17.0. The molecule has 0 aliphatic carbocycles. The van der Waals surface area contributed by atoms with Crippen molar-refractivity contribution in [2.24, 2.45) is 0 Å². The molecule has 0 spiro atoms. The van der Waals surface area contributed by atoms with Gasteiger partial charge in [0, 0.05) is 19.3 Å². The molecule has 0 aliphatic heterocycles. The molecule has 0 aromatic rings. The van der Waals surface area contributed by atoms with Gasteiger partial charge in [-0.2, -0.15) is 0 Å². The number of esters is 3. The molecule has 6 nitrogen and oxygen atoms in total. The second-order valence-corrected chi connectivity index (χ2v) is 24.2. The van der Waals surface area contributed by atoms with Gasteiger partial charge in [-0.3, -0.25) is 14.4 Å². The lowest BCUT2D eigenvalue weighted by Gasteiger charge is -2.18. The quantitative estimate of drug-likeness (QED) is 0.0261. The minimum absolute atomic E-state index is 0.0693. The summed E-state index contributed by atoms with van der Waals surface area (Å²) in [6.45, 7) is 6.70. The van der Waals surface area contributed by atoms with Gasteiger partial charge in [0.05, 0.1) is 0 Å². The van der Waals surface area contributed by atoms with Crippen molar-refractivity contribution in [1.29, 1.82) is 0 Å². The van der Waals surface area contributed by atoms with E-state index in [4.69, 9.17) is 14.2 Å². The Balaban J connectivity index is 4.22. The van der Waals surface area contributed by atoms with Crippen molar-refractivity contribution >= 4 is 17.9 Å². The van der Waals surface area contributed by atoms with Crippen molar-refractivity contribution in [3.63, 3.8) is 0 Å². The van der Waals surface area contributed by atoms with Crippen LogP contribution in [0, 0.1) is 0 Å². The van der Waals surface area contributed by atoms with Crippen LogP contribution in [0.5, 0.6) is 0 Å². The third kappa shape index (κ3) is 64.7. The van der Waals surface area contributed by atoms with Gasteiger partial charge in [0.15, 0.2) is 6.10 Å². The second kappa shape index (κ2) is 67.4. The molecule has 0 fully saturated rings. The van der Waals surface area contributed by atoms with Crippen LogP contribution in [-0.2, 0) is 28.6 Å². The first-order chi connectivity index (χ1) is 38.5. The molecule has 0 radical (unpaired) electrons. The van der Waals surface area contributed by atoms with Crippen LogP contribution in [-0.4, -0.2) is 37.2 Å². The standard InChI is InChI=1S/C72H136O6/c1-4-7-10-13-16-19-22-25-28-31-32-33-34-35-36-37-38-39-40-42-44-47-50-53-56-59-62-65-71(74)77-68-69(67-76-70(73)64-61-58-55-52-49-46-43-30-27-24-21-18-15-12-9-6-3)78-72(75)66-63-60-57-54-51-48-45-41-29-26-23-20-17-14-11-8-5-2/h21,24,30,43,69H,4-20,22-23,25-29,31-42,44-68H2,1-3H3/b24-21-,43-30-. The van der Waals surface area contributed by atoms with Crippen molar-refractivity contribution in [2.45, 2.75) is 406 Å². The van der Waals surface area contributed by atoms with E-state index in [0.29, 0.717) is 19.3 Å². The van der Waals surface area contributed by atoms with E-state index in [2.05, 4.69) is 45.1 Å². The fourth-order valence-electron chi connectivity index (χ4n) is 10.9. The summed E-state index contributed by atoms with van der Waals surface area (Å²) in [6, 6.07) is 0. The minimum atomic E-state index is -0.774. The molecule has 0 saturated carbocycles. The van der Waals surface area contributed by atoms with Gasteiger partial charge >= 0.3 is 17.9 Å². The van der Waals surface area contributed by atoms with E-state index in [1.807, 2.05) is 0 Å². The van der Waals surface area contributed by atoms with E-state index < -0.39 is 6.10 Å². The molecule has 0 bridgehead atoms. The highest BCUT2D eigenvalue weighted by atomic mass is 16.6. The highest BCUT2D eigenvalue weighted by Crippen LogP contribution is 2.19.